The summed E-state index contributed by atoms with van der Waals surface area (Å²) in [6.45, 7) is 7.77. The molecule has 0 saturated heterocycles. The molecule has 0 heterocycles. The Morgan fingerprint density at radius 3 is 1.89 bits per heavy atom. The maximum atomic E-state index is 5.06. The molecule has 0 fully saturated rings. The van der Waals surface area contributed by atoms with E-state index in [0.29, 0.717) is 0 Å². The van der Waals surface area contributed by atoms with E-state index in [1.165, 1.54) is 5.92 Å². The van der Waals surface area contributed by atoms with E-state index in [-0.39, 0.29) is 35.5 Å². The first kappa shape index (κ1) is 16.5. The zero-order chi connectivity index (χ0) is 5.70. The Morgan fingerprint density at radius 2 is 1.78 bits per heavy atom. The van der Waals surface area contributed by atoms with E-state index in [4.69, 9.17) is 4.74 Å². The van der Waals surface area contributed by atoms with Gasteiger partial charge in [0.2, 0.25) is 0 Å². The molecule has 0 aliphatic rings. The average Bonchev–Trinajstić information content (AvgIpc) is 1.61. The predicted octanol–water partition coefficient (Wildman–Crippen LogP) is -1.74. The molecule has 0 bridgehead atoms. The van der Waals surface area contributed by atoms with Crippen LogP contribution in [0.15, 0.2) is 0 Å². The van der Waals surface area contributed by atoms with Crippen LogP contribution in [0.1, 0.15) is 20.8 Å². The molecular weight excluding hydrogens is 148 g/mol. The van der Waals surface area contributed by atoms with Crippen LogP contribution in [-0.4, -0.2) is 36.3 Å². The summed E-state index contributed by atoms with van der Waals surface area (Å²) in [6, 6.07) is 0. The third-order valence-corrected chi connectivity index (χ3v) is 0.595. The first-order valence-electron chi connectivity index (χ1n) is 2.64. The summed E-state index contributed by atoms with van der Waals surface area (Å²) in [5, 5.41) is 0. The topological polar surface area (TPSA) is 9.23 Å². The van der Waals surface area contributed by atoms with E-state index in [1.54, 1.807) is 0 Å². The van der Waals surface area contributed by atoms with Gasteiger partial charge in [0.25, 0.3) is 0 Å². The van der Waals surface area contributed by atoms with Crippen molar-refractivity contribution in [3.63, 3.8) is 0 Å². The summed E-state index contributed by atoms with van der Waals surface area (Å²) in [7, 11) is 0. The molecule has 0 radical (unpaired) electrons. The Bertz CT molecular complexity index is 42.0. The molecule has 0 amide bonds. The van der Waals surface area contributed by atoms with Crippen LogP contribution >= 0.6 is 0 Å². The van der Waals surface area contributed by atoms with E-state index in [9.17, 15) is 0 Å². The van der Waals surface area contributed by atoms with Gasteiger partial charge in [-0.2, -0.15) is 13.8 Å². The van der Waals surface area contributed by atoms with Crippen LogP contribution in [0, 0.1) is 5.92 Å². The monoisotopic (exact) mass is 160 g/mol. The standard InChI is InChI=1S/C6H13O.ClH.Mg/c1-4-7-5-6(2)3;;/h4-5H2,1-3H3;1H;/q-1;;+2/p-1. The molecule has 0 unspecified atom stereocenters. The van der Waals surface area contributed by atoms with Crippen LogP contribution in [0.5, 0.6) is 0 Å². The summed E-state index contributed by atoms with van der Waals surface area (Å²) < 4.78 is 5.06. The Hall–Kier alpha value is 1.02. The van der Waals surface area contributed by atoms with Gasteiger partial charge in [-0.1, -0.05) is 6.61 Å². The molecule has 0 spiro atoms. The van der Waals surface area contributed by atoms with Gasteiger partial charge >= 0.3 is 23.1 Å². The molecule has 0 aliphatic carbocycles. The minimum absolute atomic E-state index is 0. The van der Waals surface area contributed by atoms with Crippen molar-refractivity contribution in [2.45, 2.75) is 20.8 Å². The molecule has 3 heteroatoms. The van der Waals surface area contributed by atoms with Crippen LogP contribution < -0.4 is 12.4 Å². The SMILES string of the molecule is CCOC[C-](C)C.[Cl-].[Mg+2]. The largest absolute Gasteiger partial charge is 2.00 e. The smallest absolute Gasteiger partial charge is 1.00 e. The van der Waals surface area contributed by atoms with Gasteiger partial charge < -0.3 is 17.1 Å². The Labute approximate surface area is 80.1 Å². The van der Waals surface area contributed by atoms with Crippen LogP contribution in [0.25, 0.3) is 0 Å². The quantitative estimate of drug-likeness (QED) is 0.352. The maximum absolute atomic E-state index is 5.06. The first-order chi connectivity index (χ1) is 3.27. The van der Waals surface area contributed by atoms with Crippen molar-refractivity contribution in [1.82, 2.24) is 0 Å². The summed E-state index contributed by atoms with van der Waals surface area (Å²) in [5.74, 6) is 1.34. The van der Waals surface area contributed by atoms with Crippen molar-refractivity contribution in [3.8, 4) is 0 Å². The Morgan fingerprint density at radius 1 is 1.33 bits per heavy atom. The fourth-order valence-corrected chi connectivity index (χ4v) is 0.306. The zero-order valence-electron chi connectivity index (χ0n) is 6.41. The van der Waals surface area contributed by atoms with Crippen molar-refractivity contribution in [3.05, 3.63) is 5.92 Å². The second kappa shape index (κ2) is 11.8. The van der Waals surface area contributed by atoms with Gasteiger partial charge in [-0.05, 0) is 6.92 Å². The van der Waals surface area contributed by atoms with Gasteiger partial charge in [0.05, 0.1) is 0 Å². The first-order valence-corrected chi connectivity index (χ1v) is 2.64. The minimum Gasteiger partial charge on any atom is -1.00 e. The predicted molar refractivity (Wildman–Crippen MR) is 36.8 cm³/mol. The molecule has 0 saturated carbocycles. The van der Waals surface area contributed by atoms with E-state index in [0.717, 1.165) is 13.2 Å². The zero-order valence-corrected chi connectivity index (χ0v) is 8.58. The van der Waals surface area contributed by atoms with Gasteiger partial charge in [0, 0.05) is 6.61 Å². The summed E-state index contributed by atoms with van der Waals surface area (Å²) >= 11 is 0. The van der Waals surface area contributed by atoms with E-state index in [1.807, 2.05) is 6.92 Å². The maximum Gasteiger partial charge on any atom is 2.00 e. The Kier molecular flexibility index (Phi) is 21.6. The van der Waals surface area contributed by atoms with Crippen molar-refractivity contribution in [2.24, 2.45) is 0 Å². The third-order valence-electron chi connectivity index (χ3n) is 0.595. The number of rotatable bonds is 3. The third kappa shape index (κ3) is 17.6. The normalized spacial score (nSPS) is 8.00. The summed E-state index contributed by atoms with van der Waals surface area (Å²) in [5.41, 5.74) is 0. The second-order valence-electron chi connectivity index (χ2n) is 1.84. The van der Waals surface area contributed by atoms with Gasteiger partial charge in [-0.3, -0.25) is 5.92 Å². The molecule has 0 aromatic rings. The van der Waals surface area contributed by atoms with Crippen molar-refractivity contribution in [2.75, 3.05) is 13.2 Å². The molecule has 0 rings (SSSR count). The molecule has 0 atom stereocenters. The average molecular weight is 161 g/mol. The fourth-order valence-electron chi connectivity index (χ4n) is 0.306. The van der Waals surface area contributed by atoms with Crippen LogP contribution in [0.3, 0.4) is 0 Å². The van der Waals surface area contributed by atoms with E-state index in [2.05, 4.69) is 13.8 Å². The van der Waals surface area contributed by atoms with Crippen LogP contribution in [0.4, 0.5) is 0 Å². The second-order valence-corrected chi connectivity index (χ2v) is 1.84. The van der Waals surface area contributed by atoms with Gasteiger partial charge in [0.15, 0.2) is 0 Å². The molecule has 0 aliphatic heterocycles. The summed E-state index contributed by atoms with van der Waals surface area (Å²) in [6.07, 6.45) is 0. The van der Waals surface area contributed by atoms with Gasteiger partial charge in [-0.25, -0.2) is 0 Å². The fraction of sp³-hybridized carbons (Fsp3) is 0.833. The van der Waals surface area contributed by atoms with E-state index < -0.39 is 0 Å². The number of hydrogen-bond donors (Lipinski definition) is 0. The minimum atomic E-state index is 0. The Balaban J connectivity index is -0.000000180. The molecule has 1 nitrogen and oxygen atoms in total. The number of ether oxygens (including phenoxy) is 1. The van der Waals surface area contributed by atoms with Crippen molar-refractivity contribution >= 4 is 23.1 Å². The molecule has 9 heavy (non-hydrogen) atoms. The molecule has 0 aromatic carbocycles. The van der Waals surface area contributed by atoms with Crippen molar-refractivity contribution < 1.29 is 17.1 Å². The molecular formula is C6H13ClMgO. The summed E-state index contributed by atoms with van der Waals surface area (Å²) in [4.78, 5) is 0. The van der Waals surface area contributed by atoms with Gasteiger partial charge in [-0.15, -0.1) is 0 Å². The van der Waals surface area contributed by atoms with Crippen LogP contribution in [0.2, 0.25) is 0 Å². The number of halogens is 1. The van der Waals surface area contributed by atoms with E-state index >= 15 is 0 Å². The molecule has 0 aromatic heterocycles. The molecule has 0 N–H and O–H groups in total. The number of hydrogen-bond acceptors (Lipinski definition) is 1. The molecule has 52 valence electrons. The van der Waals surface area contributed by atoms with Crippen LogP contribution in [-0.2, 0) is 4.74 Å². The van der Waals surface area contributed by atoms with Gasteiger partial charge in [0.1, 0.15) is 0 Å². The van der Waals surface area contributed by atoms with Crippen molar-refractivity contribution in [1.29, 1.82) is 0 Å².